The lowest BCUT2D eigenvalue weighted by Gasteiger charge is -2.17. The van der Waals surface area contributed by atoms with E-state index >= 15 is 0 Å². The quantitative estimate of drug-likeness (QED) is 0.731. The van der Waals surface area contributed by atoms with Crippen LogP contribution in [-0.4, -0.2) is 23.6 Å². The van der Waals surface area contributed by atoms with E-state index in [4.69, 9.17) is 0 Å². The summed E-state index contributed by atoms with van der Waals surface area (Å²) in [5, 5.41) is 3.29. The first-order valence-corrected chi connectivity index (χ1v) is 10.8. The first-order valence-electron chi connectivity index (χ1n) is 7.57. The Labute approximate surface area is 124 Å². The molecule has 0 spiro atoms. The summed E-state index contributed by atoms with van der Waals surface area (Å²) in [6.07, 6.45) is 5.89. The van der Waals surface area contributed by atoms with E-state index in [0.717, 1.165) is 11.3 Å². The minimum absolute atomic E-state index is 0.133. The third kappa shape index (κ3) is 2.45. The fourth-order valence-electron chi connectivity index (χ4n) is 3.57. The molecule has 0 amide bonds. The maximum absolute atomic E-state index is 2.36. The van der Waals surface area contributed by atoms with Crippen LogP contribution in [0.15, 0.2) is 60.7 Å². The van der Waals surface area contributed by atoms with Crippen LogP contribution in [0.4, 0.5) is 0 Å². The normalized spacial score (nSPS) is 32.2. The molecule has 2 aliphatic heterocycles. The van der Waals surface area contributed by atoms with Gasteiger partial charge in [0.15, 0.2) is 0 Å². The predicted molar refractivity (Wildman–Crippen MR) is 92.5 cm³/mol. The molecule has 2 saturated heterocycles. The Hall–Kier alpha value is -0.700. The zero-order chi connectivity index (χ0) is 13.4. The van der Waals surface area contributed by atoms with Crippen molar-refractivity contribution in [3.63, 3.8) is 0 Å². The second kappa shape index (κ2) is 5.59. The predicted octanol–water partition coefficient (Wildman–Crippen LogP) is 4.15. The molecule has 4 atom stereocenters. The average Bonchev–Trinajstić information content (AvgIpc) is 3.24. The molecule has 102 valence electrons. The van der Waals surface area contributed by atoms with Gasteiger partial charge in [-0.3, -0.25) is 0 Å². The Balaban J connectivity index is 1.45. The van der Waals surface area contributed by atoms with Crippen LogP contribution in [0.25, 0.3) is 0 Å². The molecule has 0 bridgehead atoms. The molecule has 0 aliphatic carbocycles. The monoisotopic (exact) mass is 298 g/mol. The van der Waals surface area contributed by atoms with Crippen molar-refractivity contribution in [2.75, 3.05) is 12.3 Å². The molecular weight excluding hydrogens is 278 g/mol. The summed E-state index contributed by atoms with van der Waals surface area (Å²) >= 11 is 0. The van der Waals surface area contributed by atoms with Crippen molar-refractivity contribution in [2.45, 2.75) is 24.2 Å². The van der Waals surface area contributed by atoms with Crippen molar-refractivity contribution in [3.8, 4) is 0 Å². The fraction of sp³-hybridized carbons (Fsp3) is 0.333. The highest BCUT2D eigenvalue weighted by molar-refractivity contribution is 7.75. The summed E-state index contributed by atoms with van der Waals surface area (Å²) in [4.78, 5) is 0. The van der Waals surface area contributed by atoms with Gasteiger partial charge in [0.1, 0.15) is 0 Å². The molecule has 0 N–H and O–H groups in total. The van der Waals surface area contributed by atoms with Gasteiger partial charge in [0.05, 0.1) is 0 Å². The Kier molecular flexibility index (Phi) is 3.63. The molecule has 2 fully saturated rings. The van der Waals surface area contributed by atoms with Crippen LogP contribution in [0.3, 0.4) is 0 Å². The van der Waals surface area contributed by atoms with E-state index in [1.807, 2.05) is 0 Å². The average molecular weight is 298 g/mol. The molecule has 2 heterocycles. The third-order valence-electron chi connectivity index (χ3n) is 4.63. The van der Waals surface area contributed by atoms with Gasteiger partial charge < -0.3 is 0 Å². The smallest absolute Gasteiger partial charge is 0.00919 e. The van der Waals surface area contributed by atoms with Gasteiger partial charge in [0, 0.05) is 0 Å². The Morgan fingerprint density at radius 3 is 1.70 bits per heavy atom. The largest absolute Gasteiger partial charge is 0.0753 e. The molecule has 4 rings (SSSR count). The van der Waals surface area contributed by atoms with Gasteiger partial charge >= 0.3 is 0 Å². The van der Waals surface area contributed by atoms with E-state index < -0.39 is 0 Å². The van der Waals surface area contributed by atoms with E-state index in [-0.39, 0.29) is 15.8 Å². The highest BCUT2D eigenvalue weighted by Gasteiger charge is 2.50. The summed E-state index contributed by atoms with van der Waals surface area (Å²) in [5.41, 5.74) is 2.09. The first-order chi connectivity index (χ1) is 9.93. The molecule has 2 aromatic carbocycles. The van der Waals surface area contributed by atoms with Gasteiger partial charge in [-0.15, -0.1) is 0 Å². The van der Waals surface area contributed by atoms with E-state index in [9.17, 15) is 0 Å². The summed E-state index contributed by atoms with van der Waals surface area (Å²) in [5.74, 6) is 0. The van der Waals surface area contributed by atoms with Gasteiger partial charge in [-0.05, 0) is 47.1 Å². The van der Waals surface area contributed by atoms with Crippen LogP contribution in [0, 0.1) is 0 Å². The summed E-state index contributed by atoms with van der Waals surface area (Å²) < 4.78 is 0. The maximum atomic E-state index is 2.36. The zero-order valence-corrected chi connectivity index (χ0v) is 13.4. The lowest BCUT2D eigenvalue weighted by Crippen LogP contribution is -2.06. The van der Waals surface area contributed by atoms with Crippen molar-refractivity contribution in [3.05, 3.63) is 60.7 Å². The standard InChI is InChI=1S/C18H20P2/c1-3-7-15(8-4-1)19-13-11-17-18(12-14-19)20(17)16-9-5-2-6-10-16/h1-10,17-18H,11-14H2/t17-,18+,19?,20?. The minimum atomic E-state index is 0.133. The highest BCUT2D eigenvalue weighted by Crippen LogP contribution is 2.70. The van der Waals surface area contributed by atoms with Gasteiger partial charge in [0.25, 0.3) is 0 Å². The SMILES string of the molecule is c1ccc(P2CC[C@@H]3[C@H](CC2)P3c2ccccc2)cc1. The fourth-order valence-corrected chi connectivity index (χ4v) is 9.75. The molecule has 20 heavy (non-hydrogen) atoms. The maximum Gasteiger partial charge on any atom is -0.00919 e. The number of rotatable bonds is 2. The van der Waals surface area contributed by atoms with Gasteiger partial charge in [-0.2, -0.15) is 0 Å². The minimum Gasteiger partial charge on any atom is -0.0753 e. The van der Waals surface area contributed by atoms with Crippen LogP contribution in [-0.2, 0) is 0 Å². The summed E-state index contributed by atoms with van der Waals surface area (Å²) in [6, 6.07) is 22.6. The Morgan fingerprint density at radius 2 is 1.15 bits per heavy atom. The molecule has 2 aliphatic rings. The van der Waals surface area contributed by atoms with Crippen molar-refractivity contribution >= 4 is 26.5 Å². The van der Waals surface area contributed by atoms with Crippen LogP contribution in [0.1, 0.15) is 12.8 Å². The molecule has 0 aromatic heterocycles. The summed E-state index contributed by atoms with van der Waals surface area (Å²) in [6.45, 7) is 0. The van der Waals surface area contributed by atoms with Crippen LogP contribution in [0.2, 0.25) is 0 Å². The second-order valence-electron chi connectivity index (χ2n) is 5.78. The van der Waals surface area contributed by atoms with Crippen molar-refractivity contribution < 1.29 is 0 Å². The van der Waals surface area contributed by atoms with Crippen LogP contribution in [0.5, 0.6) is 0 Å². The molecule has 2 aromatic rings. The molecule has 2 unspecified atom stereocenters. The third-order valence-corrected chi connectivity index (χ3v) is 10.5. The topological polar surface area (TPSA) is 0 Å². The van der Waals surface area contributed by atoms with E-state index in [2.05, 4.69) is 60.7 Å². The molecule has 0 nitrogen and oxygen atoms in total. The summed E-state index contributed by atoms with van der Waals surface area (Å²) in [7, 11) is 0.328. The molecule has 2 heteroatoms. The Bertz CT molecular complexity index is 515. The second-order valence-corrected chi connectivity index (χ2v) is 10.9. The van der Waals surface area contributed by atoms with Gasteiger partial charge in [0.2, 0.25) is 0 Å². The number of hydrogen-bond donors (Lipinski definition) is 0. The lowest BCUT2D eigenvalue weighted by molar-refractivity contribution is 0.848. The number of hydrogen-bond acceptors (Lipinski definition) is 0. The van der Waals surface area contributed by atoms with Crippen LogP contribution >= 0.6 is 15.8 Å². The molecule has 0 saturated carbocycles. The van der Waals surface area contributed by atoms with Crippen molar-refractivity contribution in [2.24, 2.45) is 0 Å². The Morgan fingerprint density at radius 1 is 0.650 bits per heavy atom. The van der Waals surface area contributed by atoms with Crippen molar-refractivity contribution in [1.29, 1.82) is 0 Å². The highest BCUT2D eigenvalue weighted by atomic mass is 31.1. The van der Waals surface area contributed by atoms with Gasteiger partial charge in [-0.1, -0.05) is 76.5 Å². The number of fused-ring (bicyclic) bond motifs is 1. The number of benzene rings is 2. The zero-order valence-electron chi connectivity index (χ0n) is 11.7. The van der Waals surface area contributed by atoms with Crippen LogP contribution < -0.4 is 10.6 Å². The van der Waals surface area contributed by atoms with E-state index in [0.29, 0.717) is 0 Å². The van der Waals surface area contributed by atoms with E-state index in [1.165, 1.54) is 25.2 Å². The lowest BCUT2D eigenvalue weighted by atomic mass is 10.2. The first kappa shape index (κ1) is 13.0. The van der Waals surface area contributed by atoms with Crippen molar-refractivity contribution in [1.82, 2.24) is 0 Å². The molecular formula is C18H20P2. The molecule has 0 radical (unpaired) electrons. The van der Waals surface area contributed by atoms with Gasteiger partial charge in [-0.25, -0.2) is 0 Å². The van der Waals surface area contributed by atoms with E-state index in [1.54, 1.807) is 10.6 Å².